The number of aryl methyl sites for hydroxylation is 3. The summed E-state index contributed by atoms with van der Waals surface area (Å²) in [6, 6.07) is 7.88. The second-order valence-corrected chi connectivity index (χ2v) is 7.60. The molecule has 2 heterocycles. The first kappa shape index (κ1) is 19.8. The van der Waals surface area contributed by atoms with Crippen LogP contribution in [0.1, 0.15) is 55.4 Å². The highest BCUT2D eigenvalue weighted by atomic mass is 16.2. The first-order chi connectivity index (χ1) is 13.2. The lowest BCUT2D eigenvalue weighted by atomic mass is 10.1. The van der Waals surface area contributed by atoms with Gasteiger partial charge >= 0.3 is 0 Å². The van der Waals surface area contributed by atoms with E-state index in [1.165, 1.54) is 10.2 Å². The van der Waals surface area contributed by atoms with Gasteiger partial charge < -0.3 is 5.32 Å². The fourth-order valence-electron chi connectivity index (χ4n) is 3.43. The van der Waals surface area contributed by atoms with Crippen molar-refractivity contribution >= 4 is 16.8 Å². The van der Waals surface area contributed by atoms with Gasteiger partial charge in [-0.25, -0.2) is 4.68 Å². The largest absolute Gasteiger partial charge is 0.348 e. The molecule has 0 unspecified atom stereocenters. The molecule has 7 heteroatoms. The zero-order valence-electron chi connectivity index (χ0n) is 17.3. The standard InChI is InChI=1S/C21H27N5O2/c1-12(2)26-20-19(16(6)24-26)15(5)23-25(21(20)28)11-18(27)22-14(4)17-9-7-13(3)8-10-17/h7-10,12,14H,11H2,1-6H3,(H,22,27)/t14-/m0/s1. The van der Waals surface area contributed by atoms with Crippen LogP contribution in [0.25, 0.3) is 10.9 Å². The third kappa shape index (κ3) is 3.69. The van der Waals surface area contributed by atoms with Crippen molar-refractivity contribution in [1.82, 2.24) is 24.9 Å². The number of fused-ring (bicyclic) bond motifs is 1. The lowest BCUT2D eigenvalue weighted by Crippen LogP contribution is -2.35. The molecule has 1 N–H and O–H groups in total. The van der Waals surface area contributed by atoms with E-state index in [1.807, 2.05) is 65.8 Å². The fourth-order valence-corrected chi connectivity index (χ4v) is 3.43. The minimum Gasteiger partial charge on any atom is -0.348 e. The number of amides is 1. The quantitative estimate of drug-likeness (QED) is 0.737. The highest BCUT2D eigenvalue weighted by Gasteiger charge is 2.20. The van der Waals surface area contributed by atoms with Crippen molar-refractivity contribution in [2.75, 3.05) is 0 Å². The molecule has 2 aromatic heterocycles. The van der Waals surface area contributed by atoms with E-state index in [4.69, 9.17) is 0 Å². The van der Waals surface area contributed by atoms with Crippen molar-refractivity contribution in [2.24, 2.45) is 0 Å². The Morgan fingerprint density at radius 2 is 1.64 bits per heavy atom. The summed E-state index contributed by atoms with van der Waals surface area (Å²) in [6.07, 6.45) is 0. The van der Waals surface area contributed by atoms with Crippen molar-refractivity contribution in [1.29, 1.82) is 0 Å². The maximum absolute atomic E-state index is 13.0. The Kier molecular flexibility index (Phi) is 5.36. The molecule has 0 spiro atoms. The van der Waals surface area contributed by atoms with Crippen molar-refractivity contribution in [2.45, 2.75) is 60.2 Å². The topological polar surface area (TPSA) is 81.8 Å². The van der Waals surface area contributed by atoms with Crippen LogP contribution in [0.15, 0.2) is 29.1 Å². The van der Waals surface area contributed by atoms with Crippen molar-refractivity contribution in [3.05, 3.63) is 57.1 Å². The fraction of sp³-hybridized carbons (Fsp3) is 0.429. The lowest BCUT2D eigenvalue weighted by molar-refractivity contribution is -0.122. The van der Waals surface area contributed by atoms with Gasteiger partial charge in [0.05, 0.1) is 22.8 Å². The molecule has 0 fully saturated rings. The van der Waals surface area contributed by atoms with Gasteiger partial charge in [0.1, 0.15) is 12.1 Å². The molecule has 0 aliphatic rings. The zero-order chi connectivity index (χ0) is 20.6. The van der Waals surface area contributed by atoms with E-state index in [1.54, 1.807) is 4.68 Å². The third-order valence-electron chi connectivity index (χ3n) is 4.89. The molecule has 28 heavy (non-hydrogen) atoms. The van der Waals surface area contributed by atoms with Gasteiger partial charge in [-0.1, -0.05) is 29.8 Å². The first-order valence-electron chi connectivity index (χ1n) is 9.51. The third-order valence-corrected chi connectivity index (χ3v) is 4.89. The van der Waals surface area contributed by atoms with Crippen LogP contribution >= 0.6 is 0 Å². The Bertz CT molecular complexity index is 1080. The van der Waals surface area contributed by atoms with E-state index >= 15 is 0 Å². The number of hydrogen-bond donors (Lipinski definition) is 1. The number of benzene rings is 1. The molecule has 148 valence electrons. The van der Waals surface area contributed by atoms with Gasteiger partial charge in [-0.3, -0.25) is 14.3 Å². The summed E-state index contributed by atoms with van der Waals surface area (Å²) in [5.41, 5.74) is 3.85. The van der Waals surface area contributed by atoms with Gasteiger partial charge in [0.25, 0.3) is 5.56 Å². The average molecular weight is 381 g/mol. The monoisotopic (exact) mass is 381 g/mol. The number of hydrogen-bond acceptors (Lipinski definition) is 4. The van der Waals surface area contributed by atoms with Crippen LogP contribution < -0.4 is 10.9 Å². The second kappa shape index (κ2) is 7.58. The maximum Gasteiger partial charge on any atom is 0.293 e. The number of nitrogens with one attached hydrogen (secondary N) is 1. The Labute approximate surface area is 164 Å². The predicted molar refractivity (Wildman–Crippen MR) is 109 cm³/mol. The summed E-state index contributed by atoms with van der Waals surface area (Å²) >= 11 is 0. The summed E-state index contributed by atoms with van der Waals surface area (Å²) in [6.45, 7) is 11.5. The predicted octanol–water partition coefficient (Wildman–Crippen LogP) is 2.98. The van der Waals surface area contributed by atoms with Crippen LogP contribution in [0, 0.1) is 20.8 Å². The smallest absolute Gasteiger partial charge is 0.293 e. The molecule has 3 aromatic rings. The number of carbonyl (C=O) groups is 1. The zero-order valence-corrected chi connectivity index (χ0v) is 17.3. The van der Waals surface area contributed by atoms with E-state index in [0.29, 0.717) is 11.2 Å². The van der Waals surface area contributed by atoms with Gasteiger partial charge in [0, 0.05) is 6.04 Å². The summed E-state index contributed by atoms with van der Waals surface area (Å²) in [5, 5.41) is 12.6. The second-order valence-electron chi connectivity index (χ2n) is 7.60. The molecule has 0 aliphatic heterocycles. The van der Waals surface area contributed by atoms with Crippen LogP contribution in [-0.2, 0) is 11.3 Å². The molecule has 0 radical (unpaired) electrons. The van der Waals surface area contributed by atoms with E-state index in [9.17, 15) is 9.59 Å². The normalized spacial score (nSPS) is 12.5. The molecule has 0 saturated heterocycles. The van der Waals surface area contributed by atoms with Crippen LogP contribution in [0.5, 0.6) is 0 Å². The summed E-state index contributed by atoms with van der Waals surface area (Å²) in [4.78, 5) is 25.6. The minimum atomic E-state index is -0.298. The minimum absolute atomic E-state index is 0.0366. The number of carbonyl (C=O) groups excluding carboxylic acids is 1. The Balaban J connectivity index is 1.88. The molecule has 1 amide bonds. The average Bonchev–Trinajstić information content (AvgIpc) is 2.98. The number of nitrogens with zero attached hydrogens (tertiary/aromatic N) is 4. The van der Waals surface area contributed by atoms with E-state index in [0.717, 1.165) is 16.6 Å². The number of aromatic nitrogens is 4. The molecule has 0 aliphatic carbocycles. The Morgan fingerprint density at radius 1 is 1.04 bits per heavy atom. The van der Waals surface area contributed by atoms with Crippen molar-refractivity contribution in [3.8, 4) is 0 Å². The van der Waals surface area contributed by atoms with Gasteiger partial charge in [0.2, 0.25) is 5.91 Å². The molecular weight excluding hydrogens is 354 g/mol. The van der Waals surface area contributed by atoms with Crippen molar-refractivity contribution in [3.63, 3.8) is 0 Å². The molecule has 7 nitrogen and oxygen atoms in total. The Hall–Kier alpha value is -2.96. The van der Waals surface area contributed by atoms with Gasteiger partial charge in [0.15, 0.2) is 0 Å². The van der Waals surface area contributed by atoms with Crippen LogP contribution in [0.2, 0.25) is 0 Å². The Morgan fingerprint density at radius 3 is 2.25 bits per heavy atom. The van der Waals surface area contributed by atoms with E-state index in [-0.39, 0.29) is 30.1 Å². The molecule has 0 saturated carbocycles. The molecular formula is C21H27N5O2. The SMILES string of the molecule is Cc1ccc([C@H](C)NC(=O)Cn2nc(C)c3c(C)nn(C(C)C)c3c2=O)cc1. The van der Waals surface area contributed by atoms with E-state index < -0.39 is 0 Å². The lowest BCUT2D eigenvalue weighted by Gasteiger charge is -2.15. The van der Waals surface area contributed by atoms with Crippen LogP contribution in [0.4, 0.5) is 0 Å². The summed E-state index contributed by atoms with van der Waals surface area (Å²) < 4.78 is 2.94. The van der Waals surface area contributed by atoms with E-state index in [2.05, 4.69) is 15.5 Å². The van der Waals surface area contributed by atoms with Crippen molar-refractivity contribution < 1.29 is 4.79 Å². The van der Waals surface area contributed by atoms with Crippen LogP contribution in [0.3, 0.4) is 0 Å². The molecule has 1 atom stereocenters. The van der Waals surface area contributed by atoms with Gasteiger partial charge in [-0.2, -0.15) is 10.2 Å². The maximum atomic E-state index is 13.0. The summed E-state index contributed by atoms with van der Waals surface area (Å²) in [7, 11) is 0. The van der Waals surface area contributed by atoms with Crippen LogP contribution in [-0.4, -0.2) is 25.5 Å². The molecule has 3 rings (SSSR count). The highest BCUT2D eigenvalue weighted by molar-refractivity contribution is 5.83. The molecule has 0 bridgehead atoms. The van der Waals surface area contributed by atoms with Gasteiger partial charge in [-0.15, -0.1) is 0 Å². The first-order valence-corrected chi connectivity index (χ1v) is 9.51. The highest BCUT2D eigenvalue weighted by Crippen LogP contribution is 2.20. The number of rotatable bonds is 5. The molecule has 1 aromatic carbocycles. The summed E-state index contributed by atoms with van der Waals surface area (Å²) in [5.74, 6) is -0.256. The van der Waals surface area contributed by atoms with Gasteiger partial charge in [-0.05, 0) is 47.1 Å².